The van der Waals surface area contributed by atoms with E-state index in [1.807, 2.05) is 4.90 Å². The van der Waals surface area contributed by atoms with Gasteiger partial charge in [0.2, 0.25) is 11.1 Å². The van der Waals surface area contributed by atoms with Gasteiger partial charge in [-0.15, -0.1) is 13.2 Å². The highest BCUT2D eigenvalue weighted by molar-refractivity contribution is 6.28. The summed E-state index contributed by atoms with van der Waals surface area (Å²) in [6.45, 7) is 7.52. The maximum atomic E-state index is 11.1. The Labute approximate surface area is 115 Å². The smallest absolute Gasteiger partial charge is 0.329 e. The molecule has 2 atom stereocenters. The molecule has 0 radical (unpaired) electrons. The van der Waals surface area contributed by atoms with Crippen molar-refractivity contribution in [2.75, 3.05) is 4.90 Å². The summed E-state index contributed by atoms with van der Waals surface area (Å²) in [6, 6.07) is -0.0414. The number of halogens is 1. The molecule has 1 saturated heterocycles. The van der Waals surface area contributed by atoms with Crippen LogP contribution in [0.15, 0.2) is 31.5 Å². The van der Waals surface area contributed by atoms with E-state index in [9.17, 15) is 10.1 Å². The number of aromatic nitrogens is 2. The van der Waals surface area contributed by atoms with E-state index in [1.165, 1.54) is 0 Å². The molecule has 0 saturated carbocycles. The first-order valence-corrected chi connectivity index (χ1v) is 6.16. The van der Waals surface area contributed by atoms with Crippen molar-refractivity contribution in [3.8, 4) is 0 Å². The second-order valence-corrected chi connectivity index (χ2v) is 4.53. The van der Waals surface area contributed by atoms with Crippen LogP contribution in [0.1, 0.15) is 12.8 Å². The molecule has 0 aliphatic carbocycles. The molecular weight excluding hydrogens is 268 g/mol. The zero-order chi connectivity index (χ0) is 14.0. The second-order valence-electron chi connectivity index (χ2n) is 4.20. The van der Waals surface area contributed by atoms with Crippen LogP contribution in [-0.2, 0) is 0 Å². The van der Waals surface area contributed by atoms with Crippen molar-refractivity contribution in [2.45, 2.75) is 24.9 Å². The molecule has 1 aromatic rings. The van der Waals surface area contributed by atoms with Crippen LogP contribution in [0.3, 0.4) is 0 Å². The number of anilines is 1. The third-order valence-corrected chi connectivity index (χ3v) is 3.36. The number of hydrogen-bond acceptors (Lipinski definition) is 5. The molecule has 7 heteroatoms. The van der Waals surface area contributed by atoms with E-state index in [0.29, 0.717) is 0 Å². The average molecular weight is 281 g/mol. The first kappa shape index (κ1) is 13.5. The molecule has 100 valence electrons. The maximum absolute atomic E-state index is 11.1. The van der Waals surface area contributed by atoms with Gasteiger partial charge in [-0.1, -0.05) is 12.2 Å². The van der Waals surface area contributed by atoms with Crippen LogP contribution < -0.4 is 4.90 Å². The molecule has 0 N–H and O–H groups in total. The minimum absolute atomic E-state index is 0.0156. The van der Waals surface area contributed by atoms with E-state index in [-0.39, 0.29) is 28.9 Å². The molecule has 2 heterocycles. The number of hydrogen-bond donors (Lipinski definition) is 0. The Hall–Kier alpha value is -1.95. The van der Waals surface area contributed by atoms with Gasteiger partial charge in [0.05, 0.1) is 4.92 Å². The minimum atomic E-state index is -0.510. The van der Waals surface area contributed by atoms with E-state index in [2.05, 4.69) is 23.1 Å². The van der Waals surface area contributed by atoms with Crippen molar-refractivity contribution in [3.05, 3.63) is 46.9 Å². The Morgan fingerprint density at radius 3 is 2.47 bits per heavy atom. The number of nitro groups is 1. The monoisotopic (exact) mass is 280 g/mol. The third kappa shape index (κ3) is 2.44. The first-order chi connectivity index (χ1) is 9.08. The van der Waals surface area contributed by atoms with E-state index in [1.54, 1.807) is 12.2 Å². The SMILES string of the molecule is C=CC1CC[C@H](C=C)N1c1nc(Cl)ncc1[N+](=O)[O-]. The first-order valence-electron chi connectivity index (χ1n) is 5.79. The molecule has 1 fully saturated rings. The maximum Gasteiger partial charge on any atom is 0.329 e. The van der Waals surface area contributed by atoms with E-state index in [4.69, 9.17) is 11.6 Å². The quantitative estimate of drug-likeness (QED) is 0.367. The fourth-order valence-corrected chi connectivity index (χ4v) is 2.44. The lowest BCUT2D eigenvalue weighted by molar-refractivity contribution is -0.384. The highest BCUT2D eigenvalue weighted by Crippen LogP contribution is 2.36. The standard InChI is InChI=1S/C12H13ClN4O2/c1-3-8-5-6-9(4-2)16(8)11-10(17(18)19)7-14-12(13)15-11/h3-4,7-9H,1-2,5-6H2/t8-,9?/m0/s1. The summed E-state index contributed by atoms with van der Waals surface area (Å²) in [6.07, 6.45) is 6.33. The predicted octanol–water partition coefficient (Wildman–Crippen LogP) is 2.75. The summed E-state index contributed by atoms with van der Waals surface area (Å²) in [5.74, 6) is 0.220. The van der Waals surface area contributed by atoms with Gasteiger partial charge >= 0.3 is 5.69 Å². The largest absolute Gasteiger partial charge is 0.338 e. The van der Waals surface area contributed by atoms with Crippen molar-refractivity contribution < 1.29 is 4.92 Å². The Bertz CT molecular complexity index is 518. The van der Waals surface area contributed by atoms with Crippen LogP contribution in [0.25, 0.3) is 0 Å². The van der Waals surface area contributed by atoms with E-state index in [0.717, 1.165) is 19.0 Å². The van der Waals surface area contributed by atoms with Crippen molar-refractivity contribution >= 4 is 23.1 Å². The van der Waals surface area contributed by atoms with Gasteiger partial charge in [0, 0.05) is 12.1 Å². The topological polar surface area (TPSA) is 72.2 Å². The lowest BCUT2D eigenvalue weighted by Gasteiger charge is -2.27. The van der Waals surface area contributed by atoms with Gasteiger partial charge in [-0.3, -0.25) is 10.1 Å². The zero-order valence-electron chi connectivity index (χ0n) is 10.2. The summed E-state index contributed by atoms with van der Waals surface area (Å²) < 4.78 is 0. The van der Waals surface area contributed by atoms with Crippen molar-refractivity contribution in [1.82, 2.24) is 9.97 Å². The summed E-state index contributed by atoms with van der Waals surface area (Å²) in [4.78, 5) is 20.1. The van der Waals surface area contributed by atoms with Gasteiger partial charge in [-0.25, -0.2) is 4.98 Å². The molecule has 19 heavy (non-hydrogen) atoms. The van der Waals surface area contributed by atoms with Gasteiger partial charge in [-0.2, -0.15) is 4.98 Å². The Morgan fingerprint density at radius 2 is 2.00 bits per heavy atom. The van der Waals surface area contributed by atoms with Crippen molar-refractivity contribution in [2.24, 2.45) is 0 Å². The van der Waals surface area contributed by atoms with Gasteiger partial charge in [0.25, 0.3) is 0 Å². The third-order valence-electron chi connectivity index (χ3n) is 3.18. The zero-order valence-corrected chi connectivity index (χ0v) is 11.0. The highest BCUT2D eigenvalue weighted by Gasteiger charge is 2.35. The Balaban J connectivity index is 2.54. The molecule has 2 rings (SSSR count). The van der Waals surface area contributed by atoms with Crippen LogP contribution in [0.4, 0.5) is 11.5 Å². The Morgan fingerprint density at radius 1 is 1.42 bits per heavy atom. The summed E-state index contributed by atoms with van der Waals surface area (Å²) in [5, 5.41) is 11.1. The van der Waals surface area contributed by atoms with E-state index >= 15 is 0 Å². The lowest BCUT2D eigenvalue weighted by Crippen LogP contribution is -2.35. The van der Waals surface area contributed by atoms with Gasteiger partial charge in [0.1, 0.15) is 6.20 Å². The molecule has 0 bridgehead atoms. The fourth-order valence-electron chi connectivity index (χ4n) is 2.31. The normalized spacial score (nSPS) is 22.3. The molecule has 1 aromatic heterocycles. The van der Waals surface area contributed by atoms with Gasteiger partial charge < -0.3 is 4.90 Å². The molecule has 1 aliphatic rings. The minimum Gasteiger partial charge on any atom is -0.338 e. The summed E-state index contributed by atoms with van der Waals surface area (Å²) in [7, 11) is 0. The molecule has 0 aromatic carbocycles. The summed E-state index contributed by atoms with van der Waals surface area (Å²) in [5.41, 5.74) is -0.162. The van der Waals surface area contributed by atoms with E-state index < -0.39 is 4.92 Å². The van der Waals surface area contributed by atoms with Crippen LogP contribution in [-0.4, -0.2) is 27.0 Å². The Kier molecular flexibility index (Phi) is 3.80. The molecule has 6 nitrogen and oxygen atoms in total. The molecule has 1 aliphatic heterocycles. The second kappa shape index (κ2) is 5.36. The molecular formula is C12H13ClN4O2. The van der Waals surface area contributed by atoms with Gasteiger partial charge in [0.15, 0.2) is 0 Å². The molecule has 0 amide bonds. The van der Waals surface area contributed by atoms with Crippen molar-refractivity contribution in [3.63, 3.8) is 0 Å². The summed E-state index contributed by atoms with van der Waals surface area (Å²) >= 11 is 5.76. The lowest BCUT2D eigenvalue weighted by atomic mass is 10.2. The van der Waals surface area contributed by atoms with Crippen LogP contribution in [0.2, 0.25) is 5.28 Å². The fraction of sp³-hybridized carbons (Fsp3) is 0.333. The van der Waals surface area contributed by atoms with Crippen molar-refractivity contribution in [1.29, 1.82) is 0 Å². The van der Waals surface area contributed by atoms with Crippen LogP contribution in [0, 0.1) is 10.1 Å². The average Bonchev–Trinajstić information content (AvgIpc) is 2.80. The molecule has 0 spiro atoms. The van der Waals surface area contributed by atoms with Crippen LogP contribution in [0.5, 0.6) is 0 Å². The number of rotatable bonds is 4. The number of nitrogens with zero attached hydrogens (tertiary/aromatic N) is 4. The highest BCUT2D eigenvalue weighted by atomic mass is 35.5. The van der Waals surface area contributed by atoms with Crippen LogP contribution >= 0.6 is 11.6 Å². The predicted molar refractivity (Wildman–Crippen MR) is 73.4 cm³/mol. The van der Waals surface area contributed by atoms with Gasteiger partial charge in [-0.05, 0) is 24.4 Å². The molecule has 1 unspecified atom stereocenters.